The van der Waals surface area contributed by atoms with Crippen molar-refractivity contribution in [2.45, 2.75) is 33.1 Å². The van der Waals surface area contributed by atoms with Gasteiger partial charge in [0.05, 0.1) is 5.92 Å². The van der Waals surface area contributed by atoms with E-state index in [1.165, 1.54) is 0 Å². The Morgan fingerprint density at radius 1 is 1.25 bits per heavy atom. The first kappa shape index (κ1) is 11.0. The number of hydrogen-bond acceptors (Lipinski definition) is 3. The molecular weight excluding hydrogens is 156 g/mol. The molecule has 3 nitrogen and oxygen atoms in total. The number of carbonyl (C=O) groups is 2. The first-order valence-corrected chi connectivity index (χ1v) is 4.07. The van der Waals surface area contributed by atoms with Crippen molar-refractivity contribution < 1.29 is 14.4 Å². The quantitative estimate of drug-likeness (QED) is 0.558. The average Bonchev–Trinajstić information content (AvgIpc) is 2.12. The second-order valence-corrected chi connectivity index (χ2v) is 2.59. The molecule has 0 bridgehead atoms. The van der Waals surface area contributed by atoms with Crippen LogP contribution < -0.4 is 0 Å². The number of Topliss-reactive ketones (excluding diaryl/α,β-unsaturated/α-hetero) is 2. The van der Waals surface area contributed by atoms with Gasteiger partial charge in [-0.15, -0.1) is 0 Å². The molecule has 0 aliphatic carbocycles. The lowest BCUT2D eigenvalue weighted by molar-refractivity contribution is -0.125. The van der Waals surface area contributed by atoms with Crippen molar-refractivity contribution in [3.8, 4) is 0 Å². The minimum atomic E-state index is -0.831. The third-order valence-corrected chi connectivity index (χ3v) is 1.71. The Hall–Kier alpha value is -0.990. The van der Waals surface area contributed by atoms with Crippen LogP contribution in [-0.4, -0.2) is 17.9 Å². The maximum absolute atomic E-state index is 11.0. The summed E-state index contributed by atoms with van der Waals surface area (Å²) in [5.74, 6) is -1.10. The largest absolute Gasteiger partial charge is 0.300 e. The summed E-state index contributed by atoms with van der Waals surface area (Å²) in [6.45, 7) is 3.38. The Morgan fingerprint density at radius 3 is 2.17 bits per heavy atom. The summed E-state index contributed by atoms with van der Waals surface area (Å²) in [5.41, 5.74) is 0. The van der Waals surface area contributed by atoms with Crippen molar-refractivity contribution in [1.82, 2.24) is 0 Å². The predicted molar refractivity (Wildman–Crippen MR) is 44.4 cm³/mol. The predicted octanol–water partition coefficient (Wildman–Crippen LogP) is 1.06. The van der Waals surface area contributed by atoms with Crippen molar-refractivity contribution in [3.63, 3.8) is 0 Å². The van der Waals surface area contributed by atoms with Gasteiger partial charge in [-0.1, -0.05) is 13.8 Å². The van der Waals surface area contributed by atoms with Crippen molar-refractivity contribution >= 4 is 17.9 Å². The molecule has 0 saturated heterocycles. The van der Waals surface area contributed by atoms with Crippen LogP contribution in [0.3, 0.4) is 0 Å². The first-order valence-electron chi connectivity index (χ1n) is 4.07. The molecule has 3 heteroatoms. The molecule has 0 aromatic heterocycles. The SMILES string of the molecule is CCC(=O)CC([C]=O)C(=O)CC. The van der Waals surface area contributed by atoms with Gasteiger partial charge in [-0.05, 0) is 0 Å². The number of carbonyl (C=O) groups excluding carboxylic acids is 3. The zero-order chi connectivity index (χ0) is 9.56. The van der Waals surface area contributed by atoms with Crippen LogP contribution in [0.5, 0.6) is 0 Å². The number of rotatable bonds is 6. The molecule has 0 heterocycles. The topological polar surface area (TPSA) is 51.2 Å². The van der Waals surface area contributed by atoms with Crippen LogP contribution in [-0.2, 0) is 14.4 Å². The highest BCUT2D eigenvalue weighted by Crippen LogP contribution is 2.06. The Bertz CT molecular complexity index is 184. The van der Waals surface area contributed by atoms with Gasteiger partial charge < -0.3 is 0 Å². The van der Waals surface area contributed by atoms with Gasteiger partial charge in [-0.25, -0.2) is 0 Å². The van der Waals surface area contributed by atoms with Crippen LogP contribution in [0.4, 0.5) is 0 Å². The molecule has 0 N–H and O–H groups in total. The van der Waals surface area contributed by atoms with Crippen LogP contribution in [0.2, 0.25) is 0 Å². The standard InChI is InChI=1S/C9H13O3/c1-3-8(11)5-7(6-10)9(12)4-2/h7H,3-5H2,1-2H3. The molecule has 0 spiro atoms. The maximum atomic E-state index is 11.0. The maximum Gasteiger partial charge on any atom is 0.210 e. The summed E-state index contributed by atoms with van der Waals surface area (Å²) in [6, 6.07) is 0. The second-order valence-electron chi connectivity index (χ2n) is 2.59. The number of ketones is 2. The van der Waals surface area contributed by atoms with E-state index in [2.05, 4.69) is 0 Å². The molecule has 67 valence electrons. The minimum Gasteiger partial charge on any atom is -0.300 e. The minimum absolute atomic E-state index is 0.0205. The summed E-state index contributed by atoms with van der Waals surface area (Å²) in [7, 11) is 0. The van der Waals surface area contributed by atoms with Crippen LogP contribution in [0, 0.1) is 5.92 Å². The van der Waals surface area contributed by atoms with Crippen molar-refractivity contribution in [2.24, 2.45) is 5.92 Å². The molecule has 0 aliphatic rings. The van der Waals surface area contributed by atoms with Crippen LogP contribution in [0.1, 0.15) is 33.1 Å². The molecule has 0 saturated carbocycles. The monoisotopic (exact) mass is 169 g/mol. The molecule has 0 fully saturated rings. The third-order valence-electron chi connectivity index (χ3n) is 1.71. The summed E-state index contributed by atoms with van der Waals surface area (Å²) in [5, 5.41) is 0. The highest BCUT2D eigenvalue weighted by Gasteiger charge is 2.19. The fraction of sp³-hybridized carbons (Fsp3) is 0.667. The lowest BCUT2D eigenvalue weighted by atomic mass is 9.97. The average molecular weight is 169 g/mol. The Balaban J connectivity index is 4.08. The fourth-order valence-corrected chi connectivity index (χ4v) is 0.840. The first-order chi connectivity index (χ1) is 5.65. The van der Waals surface area contributed by atoms with Gasteiger partial charge in [0.25, 0.3) is 0 Å². The van der Waals surface area contributed by atoms with Crippen LogP contribution in [0.25, 0.3) is 0 Å². The van der Waals surface area contributed by atoms with E-state index in [0.29, 0.717) is 6.42 Å². The molecule has 1 unspecified atom stereocenters. The highest BCUT2D eigenvalue weighted by atomic mass is 16.1. The van der Waals surface area contributed by atoms with Crippen LogP contribution >= 0.6 is 0 Å². The third kappa shape index (κ3) is 3.42. The summed E-state index contributed by atoms with van der Waals surface area (Å²) >= 11 is 0. The van der Waals surface area contributed by atoms with Crippen molar-refractivity contribution in [2.75, 3.05) is 0 Å². The molecule has 0 aromatic carbocycles. The normalized spacial score (nSPS) is 12.2. The zero-order valence-corrected chi connectivity index (χ0v) is 7.42. The molecule has 0 amide bonds. The lowest BCUT2D eigenvalue weighted by Gasteiger charge is -2.03. The van der Waals surface area contributed by atoms with Crippen LogP contribution in [0.15, 0.2) is 0 Å². The van der Waals surface area contributed by atoms with Crippen molar-refractivity contribution in [1.29, 1.82) is 0 Å². The van der Waals surface area contributed by atoms with Gasteiger partial charge >= 0.3 is 0 Å². The molecular formula is C9H13O3. The molecule has 1 atom stereocenters. The molecule has 0 aromatic rings. The van der Waals surface area contributed by atoms with Gasteiger partial charge in [0, 0.05) is 19.3 Å². The fourth-order valence-electron chi connectivity index (χ4n) is 0.840. The van der Waals surface area contributed by atoms with E-state index in [1.807, 2.05) is 0 Å². The summed E-state index contributed by atoms with van der Waals surface area (Å²) < 4.78 is 0. The van der Waals surface area contributed by atoms with E-state index in [0.717, 1.165) is 0 Å². The van der Waals surface area contributed by atoms with Gasteiger partial charge in [-0.3, -0.25) is 14.4 Å². The molecule has 12 heavy (non-hydrogen) atoms. The van der Waals surface area contributed by atoms with Crippen molar-refractivity contribution in [3.05, 3.63) is 0 Å². The summed E-state index contributed by atoms with van der Waals surface area (Å²) in [6.07, 6.45) is 2.28. The second kappa shape index (κ2) is 5.63. The Morgan fingerprint density at radius 2 is 1.83 bits per heavy atom. The van der Waals surface area contributed by atoms with E-state index in [9.17, 15) is 14.4 Å². The summed E-state index contributed by atoms with van der Waals surface area (Å²) in [4.78, 5) is 32.1. The van der Waals surface area contributed by atoms with Gasteiger partial charge in [0.15, 0.2) is 0 Å². The van der Waals surface area contributed by atoms with E-state index in [-0.39, 0.29) is 24.4 Å². The zero-order valence-electron chi connectivity index (χ0n) is 7.42. The highest BCUT2D eigenvalue weighted by molar-refractivity contribution is 5.97. The molecule has 0 aliphatic heterocycles. The Kier molecular flexibility index (Phi) is 5.17. The lowest BCUT2D eigenvalue weighted by Crippen LogP contribution is -2.18. The van der Waals surface area contributed by atoms with E-state index < -0.39 is 5.92 Å². The Labute approximate surface area is 72.1 Å². The van der Waals surface area contributed by atoms with Gasteiger partial charge in [0.1, 0.15) is 11.6 Å². The number of hydrogen-bond donors (Lipinski definition) is 0. The van der Waals surface area contributed by atoms with E-state index in [4.69, 9.17) is 0 Å². The van der Waals surface area contributed by atoms with E-state index >= 15 is 0 Å². The van der Waals surface area contributed by atoms with Gasteiger partial charge in [-0.2, -0.15) is 0 Å². The van der Waals surface area contributed by atoms with E-state index in [1.54, 1.807) is 20.1 Å². The van der Waals surface area contributed by atoms with Gasteiger partial charge in [0.2, 0.25) is 6.29 Å². The molecule has 1 radical (unpaired) electrons. The molecule has 0 rings (SSSR count). The smallest absolute Gasteiger partial charge is 0.210 e.